The van der Waals surface area contributed by atoms with Gasteiger partial charge in [0, 0.05) is 17.1 Å². The van der Waals surface area contributed by atoms with Crippen LogP contribution in [0.4, 0.5) is 0 Å². The van der Waals surface area contributed by atoms with Crippen LogP contribution in [0.2, 0.25) is 0 Å². The van der Waals surface area contributed by atoms with Crippen molar-refractivity contribution in [1.82, 2.24) is 0 Å². The minimum atomic E-state index is -2.32. The van der Waals surface area contributed by atoms with Crippen LogP contribution in [0.3, 0.4) is 0 Å². The van der Waals surface area contributed by atoms with Crippen molar-refractivity contribution in [3.63, 3.8) is 0 Å². The predicted molar refractivity (Wildman–Crippen MR) is 84.1 cm³/mol. The van der Waals surface area contributed by atoms with Crippen LogP contribution in [-0.2, 0) is 40.3 Å². The number of benzene rings is 2. The van der Waals surface area contributed by atoms with Crippen LogP contribution in [0.1, 0.15) is 16.7 Å². The molecule has 2 aromatic carbocycles. The standard InChI is InChI=1S/C15H16O6S2/c16-14-4-1-11(2-5-14)8-21-15-6-3-12(9-22(17)18)7-13(15)10-23(19)20/h1-7,16H,8-10H2,(H,17,18)(H,19,20)/p-2. The van der Waals surface area contributed by atoms with Gasteiger partial charge in [-0.25, -0.2) is 0 Å². The topological polar surface area (TPSA) is 110 Å². The van der Waals surface area contributed by atoms with E-state index in [1.807, 2.05) is 0 Å². The van der Waals surface area contributed by atoms with E-state index in [2.05, 4.69) is 0 Å². The molecule has 0 bridgehead atoms. The Hall–Kier alpha value is -1.74. The van der Waals surface area contributed by atoms with Crippen LogP contribution in [0, 0.1) is 0 Å². The molecule has 0 heterocycles. The number of rotatable bonds is 7. The molecule has 124 valence electrons. The second-order valence-electron chi connectivity index (χ2n) is 4.79. The zero-order chi connectivity index (χ0) is 16.8. The molecule has 0 aliphatic heterocycles. The lowest BCUT2D eigenvalue weighted by Crippen LogP contribution is -2.03. The van der Waals surface area contributed by atoms with Crippen molar-refractivity contribution in [2.24, 2.45) is 0 Å². The summed E-state index contributed by atoms with van der Waals surface area (Å²) in [6.07, 6.45) is 0. The van der Waals surface area contributed by atoms with E-state index in [9.17, 15) is 22.6 Å². The first-order valence-electron chi connectivity index (χ1n) is 6.58. The Labute approximate surface area is 138 Å². The first kappa shape index (κ1) is 17.6. The van der Waals surface area contributed by atoms with E-state index in [1.165, 1.54) is 18.2 Å². The summed E-state index contributed by atoms with van der Waals surface area (Å²) in [6, 6.07) is 11.1. The van der Waals surface area contributed by atoms with Crippen LogP contribution in [0.25, 0.3) is 0 Å². The third kappa shape index (κ3) is 5.76. The number of hydrogen-bond acceptors (Lipinski definition) is 6. The fourth-order valence-corrected chi connectivity index (χ4v) is 2.92. The molecule has 0 radical (unpaired) electrons. The summed E-state index contributed by atoms with van der Waals surface area (Å²) in [5.41, 5.74) is 1.71. The molecular weight excluding hydrogens is 340 g/mol. The van der Waals surface area contributed by atoms with E-state index in [1.54, 1.807) is 24.3 Å². The number of phenolic OH excluding ortho intramolecular Hbond substituents is 1. The summed E-state index contributed by atoms with van der Waals surface area (Å²) in [5.74, 6) is 0.0786. The van der Waals surface area contributed by atoms with Crippen molar-refractivity contribution in [2.75, 3.05) is 0 Å². The summed E-state index contributed by atoms with van der Waals surface area (Å²) in [4.78, 5) is 0. The molecule has 0 amide bonds. The molecular formula is C15H14O6S2-2. The van der Waals surface area contributed by atoms with Crippen molar-refractivity contribution in [3.8, 4) is 11.5 Å². The van der Waals surface area contributed by atoms with Gasteiger partial charge in [-0.1, -0.05) is 46.4 Å². The number of hydrogen-bond donors (Lipinski definition) is 1. The maximum Gasteiger partial charge on any atom is 0.123 e. The van der Waals surface area contributed by atoms with Crippen LogP contribution in [0.5, 0.6) is 11.5 Å². The summed E-state index contributed by atoms with van der Waals surface area (Å²) >= 11 is -4.56. The molecule has 0 saturated carbocycles. The molecule has 0 spiro atoms. The molecule has 0 aliphatic rings. The van der Waals surface area contributed by atoms with Gasteiger partial charge < -0.3 is 18.9 Å². The maximum absolute atomic E-state index is 11.0. The lowest BCUT2D eigenvalue weighted by molar-refractivity contribution is 0.303. The Morgan fingerprint density at radius 2 is 1.52 bits per heavy atom. The van der Waals surface area contributed by atoms with Crippen LogP contribution in [-0.4, -0.2) is 22.6 Å². The second kappa shape index (κ2) is 8.21. The van der Waals surface area contributed by atoms with E-state index < -0.39 is 22.2 Å². The zero-order valence-corrected chi connectivity index (χ0v) is 13.6. The Balaban J connectivity index is 2.16. The molecule has 2 aromatic rings. The van der Waals surface area contributed by atoms with Gasteiger partial charge in [0.15, 0.2) is 0 Å². The van der Waals surface area contributed by atoms with Gasteiger partial charge in [0.1, 0.15) is 18.1 Å². The Bertz CT molecular complexity index is 714. The summed E-state index contributed by atoms with van der Waals surface area (Å²) in [7, 11) is 0. The molecule has 2 unspecified atom stereocenters. The zero-order valence-electron chi connectivity index (χ0n) is 12.0. The molecule has 2 rings (SSSR count). The van der Waals surface area contributed by atoms with Gasteiger partial charge in [-0.05, 0) is 29.3 Å². The molecule has 23 heavy (non-hydrogen) atoms. The third-order valence-corrected chi connectivity index (χ3v) is 4.13. The van der Waals surface area contributed by atoms with Crippen molar-refractivity contribution < 1.29 is 27.4 Å². The number of phenols is 1. The minimum Gasteiger partial charge on any atom is -0.772 e. The highest BCUT2D eigenvalue weighted by Gasteiger charge is 2.07. The van der Waals surface area contributed by atoms with E-state index in [-0.39, 0.29) is 23.9 Å². The van der Waals surface area contributed by atoms with E-state index in [0.29, 0.717) is 16.9 Å². The predicted octanol–water partition coefficient (Wildman–Crippen LogP) is 1.73. The van der Waals surface area contributed by atoms with Crippen LogP contribution < -0.4 is 4.74 Å². The summed E-state index contributed by atoms with van der Waals surface area (Å²) in [6.45, 7) is 0.200. The summed E-state index contributed by atoms with van der Waals surface area (Å²) in [5, 5.41) is 9.23. The highest BCUT2D eigenvalue weighted by atomic mass is 32.2. The van der Waals surface area contributed by atoms with Crippen LogP contribution >= 0.6 is 0 Å². The van der Waals surface area contributed by atoms with Gasteiger partial charge in [-0.15, -0.1) is 0 Å². The molecule has 8 heteroatoms. The minimum absolute atomic E-state index is 0.145. The van der Waals surface area contributed by atoms with Crippen molar-refractivity contribution in [1.29, 1.82) is 0 Å². The maximum atomic E-state index is 11.0. The van der Waals surface area contributed by atoms with Gasteiger partial charge in [0.05, 0.1) is 0 Å². The molecule has 0 aliphatic carbocycles. The van der Waals surface area contributed by atoms with Gasteiger partial charge in [0.25, 0.3) is 0 Å². The smallest absolute Gasteiger partial charge is 0.123 e. The molecule has 6 nitrogen and oxygen atoms in total. The fraction of sp³-hybridized carbons (Fsp3) is 0.200. The highest BCUT2D eigenvalue weighted by Crippen LogP contribution is 2.24. The second-order valence-corrected chi connectivity index (χ2v) is 6.59. The number of aromatic hydroxyl groups is 1. The van der Waals surface area contributed by atoms with Gasteiger partial charge in [0.2, 0.25) is 0 Å². The number of ether oxygens (including phenoxy) is 1. The van der Waals surface area contributed by atoms with Gasteiger partial charge in [-0.2, -0.15) is 0 Å². The van der Waals surface area contributed by atoms with Gasteiger partial charge >= 0.3 is 0 Å². The molecule has 1 N–H and O–H groups in total. The Morgan fingerprint density at radius 3 is 2.13 bits per heavy atom. The monoisotopic (exact) mass is 354 g/mol. The fourth-order valence-electron chi connectivity index (χ4n) is 1.99. The van der Waals surface area contributed by atoms with Crippen molar-refractivity contribution >= 4 is 22.2 Å². The van der Waals surface area contributed by atoms with E-state index in [4.69, 9.17) is 4.74 Å². The highest BCUT2D eigenvalue weighted by molar-refractivity contribution is 7.78. The van der Waals surface area contributed by atoms with Crippen LogP contribution in [0.15, 0.2) is 42.5 Å². The molecule has 0 aromatic heterocycles. The third-order valence-electron chi connectivity index (χ3n) is 3.01. The lowest BCUT2D eigenvalue weighted by atomic mass is 10.1. The average molecular weight is 354 g/mol. The van der Waals surface area contributed by atoms with Crippen molar-refractivity contribution in [3.05, 3.63) is 59.2 Å². The van der Waals surface area contributed by atoms with E-state index >= 15 is 0 Å². The Morgan fingerprint density at radius 1 is 0.913 bits per heavy atom. The summed E-state index contributed by atoms with van der Waals surface area (Å²) < 4.78 is 49.0. The first-order valence-corrected chi connectivity index (χ1v) is 9.07. The Kier molecular flexibility index (Phi) is 6.28. The normalized spacial score (nSPS) is 13.5. The average Bonchev–Trinajstić information content (AvgIpc) is 2.47. The van der Waals surface area contributed by atoms with Gasteiger partial charge in [-0.3, -0.25) is 8.42 Å². The quantitative estimate of drug-likeness (QED) is 0.758. The molecule has 0 saturated heterocycles. The lowest BCUT2D eigenvalue weighted by Gasteiger charge is -2.15. The SMILES string of the molecule is O=S([O-])Cc1ccc(OCc2ccc(O)cc2)c(CS(=O)[O-])c1. The molecule has 0 fully saturated rings. The van der Waals surface area contributed by atoms with E-state index in [0.717, 1.165) is 5.56 Å². The largest absolute Gasteiger partial charge is 0.772 e. The first-order chi connectivity index (χ1) is 10.9. The van der Waals surface area contributed by atoms with Crippen molar-refractivity contribution in [2.45, 2.75) is 18.1 Å². The molecule has 2 atom stereocenters.